The van der Waals surface area contributed by atoms with Gasteiger partial charge < -0.3 is 5.32 Å². The van der Waals surface area contributed by atoms with Crippen LogP contribution < -0.4 is 5.32 Å². The zero-order valence-electron chi connectivity index (χ0n) is 13.7. The molecule has 1 aliphatic heterocycles. The summed E-state index contributed by atoms with van der Waals surface area (Å²) in [5, 5.41) is 14.6. The highest BCUT2D eigenvalue weighted by Gasteiger charge is 2.39. The van der Waals surface area contributed by atoms with Crippen LogP contribution in [0.25, 0.3) is 0 Å². The van der Waals surface area contributed by atoms with Crippen molar-refractivity contribution >= 4 is 39.2 Å². The van der Waals surface area contributed by atoms with Crippen molar-refractivity contribution in [3.63, 3.8) is 0 Å². The summed E-state index contributed by atoms with van der Waals surface area (Å²) >= 11 is 3.44. The molecular formula is C17H14BrN7O. The van der Waals surface area contributed by atoms with Crippen molar-refractivity contribution in [1.29, 1.82) is 0 Å². The maximum atomic E-state index is 13.0. The van der Waals surface area contributed by atoms with Gasteiger partial charge in [-0.1, -0.05) is 33.2 Å². The minimum Gasteiger partial charge on any atom is -0.324 e. The van der Waals surface area contributed by atoms with Gasteiger partial charge >= 0.3 is 0 Å². The molecule has 8 nitrogen and oxygen atoms in total. The van der Waals surface area contributed by atoms with Gasteiger partial charge in [-0.3, -0.25) is 9.78 Å². The Kier molecular flexibility index (Phi) is 4.29. The number of aromatic nitrogens is 5. The van der Waals surface area contributed by atoms with E-state index in [-0.39, 0.29) is 11.9 Å². The fraction of sp³-hybridized carbons (Fsp3) is 0.176. The molecule has 0 bridgehead atoms. The number of hydrogen-bond acceptors (Lipinski definition) is 6. The zero-order chi connectivity index (χ0) is 18.1. The van der Waals surface area contributed by atoms with Gasteiger partial charge in [0.25, 0.3) is 5.95 Å². The molecule has 2 unspecified atom stereocenters. The molecule has 130 valence electrons. The minimum atomic E-state index is -0.549. The first-order chi connectivity index (χ1) is 12.6. The summed E-state index contributed by atoms with van der Waals surface area (Å²) in [6, 6.07) is 10.9. The number of hydrogen-bond donors (Lipinski definition) is 1. The van der Waals surface area contributed by atoms with E-state index in [0.717, 1.165) is 10.0 Å². The number of nitrogens with zero attached hydrogens (tertiary/aromatic N) is 6. The number of anilines is 1. The highest BCUT2D eigenvalue weighted by atomic mass is 79.9. The first kappa shape index (κ1) is 16.5. The molecule has 9 heteroatoms. The van der Waals surface area contributed by atoms with Crippen LogP contribution in [0.1, 0.15) is 18.5 Å². The molecule has 1 amide bonds. The van der Waals surface area contributed by atoms with Crippen LogP contribution in [0.3, 0.4) is 0 Å². The third-order valence-electron chi connectivity index (χ3n) is 4.20. The van der Waals surface area contributed by atoms with Gasteiger partial charge in [0.2, 0.25) is 5.91 Å². The maximum absolute atomic E-state index is 13.0. The quantitative estimate of drug-likeness (QED) is 0.714. The molecule has 0 saturated heterocycles. The highest BCUT2D eigenvalue weighted by molar-refractivity contribution is 9.10. The first-order valence-corrected chi connectivity index (χ1v) is 8.72. The van der Waals surface area contributed by atoms with E-state index < -0.39 is 5.92 Å². The summed E-state index contributed by atoms with van der Waals surface area (Å²) in [6.07, 6.45) is 3.26. The van der Waals surface area contributed by atoms with Crippen molar-refractivity contribution < 1.29 is 4.79 Å². The molecule has 0 spiro atoms. The van der Waals surface area contributed by atoms with E-state index in [1.165, 1.54) is 0 Å². The van der Waals surface area contributed by atoms with Gasteiger partial charge in [0.05, 0.1) is 17.9 Å². The van der Waals surface area contributed by atoms with Crippen molar-refractivity contribution in [2.45, 2.75) is 13.0 Å². The average molecular weight is 412 g/mol. The van der Waals surface area contributed by atoms with Crippen LogP contribution in [0.4, 0.5) is 11.6 Å². The third-order valence-corrected chi connectivity index (χ3v) is 4.73. The second-order valence-corrected chi connectivity index (χ2v) is 6.80. The fourth-order valence-electron chi connectivity index (χ4n) is 3.02. The van der Waals surface area contributed by atoms with Crippen LogP contribution in [0.5, 0.6) is 0 Å². The number of amides is 1. The Morgan fingerprint density at radius 2 is 2.04 bits per heavy atom. The van der Waals surface area contributed by atoms with Crippen LogP contribution in [-0.4, -0.2) is 36.8 Å². The molecule has 3 heterocycles. The Bertz CT molecular complexity index is 968. The number of benzene rings is 1. The SMILES string of the molecule is CC1=Nc2nnnn2C(c2ccc(Br)cc2)C1C(=O)Nc1cccnc1. The monoisotopic (exact) mass is 411 g/mol. The van der Waals surface area contributed by atoms with E-state index >= 15 is 0 Å². The highest BCUT2D eigenvalue weighted by Crippen LogP contribution is 2.35. The van der Waals surface area contributed by atoms with E-state index in [9.17, 15) is 4.79 Å². The Labute approximate surface area is 157 Å². The van der Waals surface area contributed by atoms with Crippen molar-refractivity contribution in [3.05, 3.63) is 58.8 Å². The van der Waals surface area contributed by atoms with Gasteiger partial charge in [-0.25, -0.2) is 9.67 Å². The Morgan fingerprint density at radius 1 is 1.23 bits per heavy atom. The lowest BCUT2D eigenvalue weighted by Crippen LogP contribution is -2.39. The topological polar surface area (TPSA) is 98.0 Å². The minimum absolute atomic E-state index is 0.187. The molecule has 3 aromatic rings. The summed E-state index contributed by atoms with van der Waals surface area (Å²) in [5.74, 6) is -0.346. The number of nitrogens with one attached hydrogen (secondary N) is 1. The Hall–Kier alpha value is -2.94. The second kappa shape index (κ2) is 6.75. The van der Waals surface area contributed by atoms with Crippen molar-refractivity contribution in [2.24, 2.45) is 10.9 Å². The van der Waals surface area contributed by atoms with E-state index in [2.05, 4.69) is 46.7 Å². The van der Waals surface area contributed by atoms with E-state index in [1.807, 2.05) is 31.2 Å². The lowest BCUT2D eigenvalue weighted by molar-refractivity contribution is -0.118. The number of rotatable bonds is 3. The molecule has 2 atom stereocenters. The van der Waals surface area contributed by atoms with Crippen molar-refractivity contribution in [1.82, 2.24) is 25.2 Å². The molecule has 0 fully saturated rings. The lowest BCUT2D eigenvalue weighted by atomic mass is 9.87. The molecule has 1 aliphatic rings. The number of carbonyl (C=O) groups is 1. The molecule has 1 N–H and O–H groups in total. The summed E-state index contributed by atoms with van der Waals surface area (Å²) in [7, 11) is 0. The molecule has 0 radical (unpaired) electrons. The van der Waals surface area contributed by atoms with Gasteiger partial charge in [-0.05, 0) is 47.2 Å². The predicted octanol–water partition coefficient (Wildman–Crippen LogP) is 2.78. The summed E-state index contributed by atoms with van der Waals surface area (Å²) in [5.41, 5.74) is 2.20. The Balaban J connectivity index is 1.75. The molecule has 4 rings (SSSR count). The van der Waals surface area contributed by atoms with Crippen molar-refractivity contribution in [3.8, 4) is 0 Å². The number of halogens is 1. The number of tetrazole rings is 1. The predicted molar refractivity (Wildman–Crippen MR) is 99.2 cm³/mol. The van der Waals surface area contributed by atoms with E-state index in [4.69, 9.17) is 0 Å². The third kappa shape index (κ3) is 3.01. The number of fused-ring (bicyclic) bond motifs is 1. The van der Waals surface area contributed by atoms with E-state index in [0.29, 0.717) is 17.3 Å². The summed E-state index contributed by atoms with van der Waals surface area (Å²) < 4.78 is 2.54. The number of carbonyl (C=O) groups excluding carboxylic acids is 1. The van der Waals surface area contributed by atoms with Gasteiger partial charge in [-0.2, -0.15) is 0 Å². The van der Waals surface area contributed by atoms with Crippen LogP contribution in [0, 0.1) is 5.92 Å². The Morgan fingerprint density at radius 3 is 2.77 bits per heavy atom. The van der Waals surface area contributed by atoms with Crippen LogP contribution in [0.2, 0.25) is 0 Å². The van der Waals surface area contributed by atoms with Crippen molar-refractivity contribution in [2.75, 3.05) is 5.32 Å². The fourth-order valence-corrected chi connectivity index (χ4v) is 3.29. The number of pyridine rings is 1. The van der Waals surface area contributed by atoms with Gasteiger partial charge in [-0.15, -0.1) is 0 Å². The normalized spacial score (nSPS) is 18.8. The van der Waals surface area contributed by atoms with Crippen LogP contribution in [0.15, 0.2) is 58.3 Å². The largest absolute Gasteiger partial charge is 0.324 e. The van der Waals surface area contributed by atoms with Crippen LogP contribution in [-0.2, 0) is 4.79 Å². The molecule has 1 aromatic carbocycles. The molecular weight excluding hydrogens is 398 g/mol. The van der Waals surface area contributed by atoms with Gasteiger partial charge in [0.15, 0.2) is 0 Å². The average Bonchev–Trinajstić information content (AvgIpc) is 3.10. The molecule has 0 saturated carbocycles. The zero-order valence-corrected chi connectivity index (χ0v) is 15.3. The first-order valence-electron chi connectivity index (χ1n) is 7.93. The number of aliphatic imine (C=N–C) groups is 1. The second-order valence-electron chi connectivity index (χ2n) is 5.88. The summed E-state index contributed by atoms with van der Waals surface area (Å²) in [6.45, 7) is 1.82. The molecule has 0 aliphatic carbocycles. The smallest absolute Gasteiger partial charge is 0.269 e. The maximum Gasteiger partial charge on any atom is 0.269 e. The lowest BCUT2D eigenvalue weighted by Gasteiger charge is -2.29. The molecule has 26 heavy (non-hydrogen) atoms. The standard InChI is InChI=1S/C17H14BrN7O/c1-10-14(16(26)21-13-3-2-8-19-9-13)15(11-4-6-12(18)7-5-11)25-17(20-10)22-23-24-25/h2-9,14-15H,1H3,(H,21,26). The van der Waals surface area contributed by atoms with Crippen LogP contribution >= 0.6 is 15.9 Å². The van der Waals surface area contributed by atoms with Gasteiger partial charge in [0, 0.05) is 16.4 Å². The molecule has 2 aromatic heterocycles. The summed E-state index contributed by atoms with van der Waals surface area (Å²) in [4.78, 5) is 21.5. The van der Waals surface area contributed by atoms with E-state index in [1.54, 1.807) is 29.2 Å². The van der Waals surface area contributed by atoms with Gasteiger partial charge in [0.1, 0.15) is 5.92 Å².